The Hall–Kier alpha value is -6.64. The van der Waals surface area contributed by atoms with E-state index in [9.17, 15) is 0 Å². The van der Waals surface area contributed by atoms with Crippen molar-refractivity contribution in [3.05, 3.63) is 194 Å². The zero-order valence-corrected chi connectivity index (χ0v) is 27.4. The van der Waals surface area contributed by atoms with E-state index in [1.807, 2.05) is 0 Å². The number of hydrogen-bond acceptors (Lipinski definition) is 1. The first-order chi connectivity index (χ1) is 24.8. The second-order valence-electron chi connectivity index (χ2n) is 12.9. The molecular weight excluding hydrogens is 605 g/mol. The lowest BCUT2D eigenvalue weighted by Gasteiger charge is -2.27. The molecule has 0 amide bonds. The van der Waals surface area contributed by atoms with Crippen molar-refractivity contribution in [2.45, 2.75) is 0 Å². The van der Waals surface area contributed by atoms with Crippen molar-refractivity contribution < 1.29 is 0 Å². The van der Waals surface area contributed by atoms with E-state index in [4.69, 9.17) is 0 Å². The maximum absolute atomic E-state index is 2.45. The first kappa shape index (κ1) is 28.4. The van der Waals surface area contributed by atoms with Crippen molar-refractivity contribution >= 4 is 71.2 Å². The first-order valence-electron chi connectivity index (χ1n) is 17.2. The minimum atomic E-state index is 1.11. The van der Waals surface area contributed by atoms with Crippen LogP contribution in [0, 0.1) is 0 Å². The van der Waals surface area contributed by atoms with Crippen LogP contribution < -0.4 is 4.90 Å². The highest BCUT2D eigenvalue weighted by molar-refractivity contribution is 6.26. The van der Waals surface area contributed by atoms with Crippen LogP contribution in [0.4, 0.5) is 17.1 Å². The Morgan fingerprint density at radius 3 is 1.50 bits per heavy atom. The van der Waals surface area contributed by atoms with Gasteiger partial charge in [0.25, 0.3) is 0 Å². The van der Waals surface area contributed by atoms with Gasteiger partial charge in [0.05, 0.1) is 16.7 Å². The molecule has 9 aromatic carbocycles. The Kier molecular flexibility index (Phi) is 6.53. The highest BCUT2D eigenvalue weighted by Gasteiger charge is 2.22. The van der Waals surface area contributed by atoms with Gasteiger partial charge >= 0.3 is 0 Å². The fourth-order valence-corrected chi connectivity index (χ4v) is 7.94. The third kappa shape index (κ3) is 4.43. The number of fused-ring (bicyclic) bond motifs is 9. The quantitative estimate of drug-likeness (QED) is 0.171. The number of aromatic nitrogens is 1. The molecule has 0 aliphatic rings. The summed E-state index contributed by atoms with van der Waals surface area (Å²) in [6.07, 6.45) is 0. The molecule has 0 spiro atoms. The molecule has 0 N–H and O–H groups in total. The number of hydrogen-bond donors (Lipinski definition) is 0. The molecule has 0 bridgehead atoms. The normalized spacial score (nSPS) is 11.6. The minimum Gasteiger partial charge on any atom is -0.310 e. The molecular formula is C48H32N2. The van der Waals surface area contributed by atoms with Crippen LogP contribution in [-0.4, -0.2) is 4.57 Å². The summed E-state index contributed by atoms with van der Waals surface area (Å²) in [5.41, 5.74) is 9.30. The topological polar surface area (TPSA) is 8.17 Å². The molecule has 50 heavy (non-hydrogen) atoms. The standard InChI is InChI=1S/C48H32N2/c1-3-14-33(15-4-1)34-26-28-36(29-27-34)49(37-30-31-42-40-20-8-7-18-38(40)39-19-9-10-21-41(39)44(42)32-37)46-24-13-25-47-48(46)43-22-11-12-23-45(43)50(47)35-16-5-2-6-17-35/h1-32H. The molecule has 0 unspecified atom stereocenters. The lowest BCUT2D eigenvalue weighted by atomic mass is 9.94. The molecule has 2 heteroatoms. The highest BCUT2D eigenvalue weighted by Crippen LogP contribution is 2.46. The summed E-state index contributed by atoms with van der Waals surface area (Å²) in [5, 5.41) is 10.1. The number of anilines is 3. The molecule has 1 heterocycles. The summed E-state index contributed by atoms with van der Waals surface area (Å²) in [6, 6.07) is 70.4. The van der Waals surface area contributed by atoms with Gasteiger partial charge in [0, 0.05) is 27.8 Å². The largest absolute Gasteiger partial charge is 0.310 e. The highest BCUT2D eigenvalue weighted by atomic mass is 15.1. The van der Waals surface area contributed by atoms with E-state index in [2.05, 4.69) is 204 Å². The van der Waals surface area contributed by atoms with Crippen molar-refractivity contribution in [3.8, 4) is 16.8 Å². The second-order valence-corrected chi connectivity index (χ2v) is 12.9. The Labute approximate surface area is 290 Å². The van der Waals surface area contributed by atoms with Gasteiger partial charge in [-0.1, -0.05) is 140 Å². The predicted molar refractivity (Wildman–Crippen MR) is 213 cm³/mol. The van der Waals surface area contributed by atoms with E-state index in [1.54, 1.807) is 0 Å². The zero-order valence-electron chi connectivity index (χ0n) is 27.4. The van der Waals surface area contributed by atoms with Crippen molar-refractivity contribution in [1.82, 2.24) is 4.57 Å². The van der Waals surface area contributed by atoms with Crippen LogP contribution in [0.5, 0.6) is 0 Å². The number of benzene rings is 9. The molecule has 1 aromatic heterocycles. The minimum absolute atomic E-state index is 1.11. The Balaban J connectivity index is 1.27. The molecule has 0 fully saturated rings. The Morgan fingerprint density at radius 1 is 0.320 bits per heavy atom. The van der Waals surface area contributed by atoms with Crippen molar-refractivity contribution in [2.75, 3.05) is 4.90 Å². The Bertz CT molecular complexity index is 2810. The lowest BCUT2D eigenvalue weighted by molar-refractivity contribution is 1.18. The molecule has 10 rings (SSSR count). The van der Waals surface area contributed by atoms with Crippen molar-refractivity contribution in [2.24, 2.45) is 0 Å². The molecule has 2 nitrogen and oxygen atoms in total. The third-order valence-corrected chi connectivity index (χ3v) is 10.1. The maximum atomic E-state index is 2.45. The summed E-state index contributed by atoms with van der Waals surface area (Å²) in [7, 11) is 0. The first-order valence-corrected chi connectivity index (χ1v) is 17.2. The van der Waals surface area contributed by atoms with Crippen LogP contribution in [0.25, 0.3) is 70.9 Å². The van der Waals surface area contributed by atoms with Gasteiger partial charge in [0.15, 0.2) is 0 Å². The summed E-state index contributed by atoms with van der Waals surface area (Å²) < 4.78 is 2.39. The smallest absolute Gasteiger partial charge is 0.0562 e. The van der Waals surface area contributed by atoms with Gasteiger partial charge in [0.1, 0.15) is 0 Å². The SMILES string of the molecule is c1ccc(-c2ccc(N(c3ccc4c5ccccc5c5ccccc5c4c3)c3cccc4c3c3ccccc3n4-c3ccccc3)cc2)cc1. The van der Waals surface area contributed by atoms with Gasteiger partial charge in [-0.2, -0.15) is 0 Å². The number of nitrogens with zero attached hydrogens (tertiary/aromatic N) is 2. The molecule has 0 aliphatic heterocycles. The second kappa shape index (κ2) is 11.5. The molecule has 0 atom stereocenters. The lowest BCUT2D eigenvalue weighted by Crippen LogP contribution is -2.10. The molecule has 0 saturated heterocycles. The van der Waals surface area contributed by atoms with Crippen molar-refractivity contribution in [3.63, 3.8) is 0 Å². The number of para-hydroxylation sites is 2. The third-order valence-electron chi connectivity index (χ3n) is 10.1. The Morgan fingerprint density at radius 2 is 0.820 bits per heavy atom. The van der Waals surface area contributed by atoms with E-state index in [1.165, 1.54) is 65.3 Å². The van der Waals surface area contributed by atoms with Gasteiger partial charge in [0.2, 0.25) is 0 Å². The zero-order chi connectivity index (χ0) is 33.0. The van der Waals surface area contributed by atoms with Crippen LogP contribution >= 0.6 is 0 Å². The van der Waals surface area contributed by atoms with Crippen LogP contribution in [0.2, 0.25) is 0 Å². The molecule has 0 radical (unpaired) electrons. The van der Waals surface area contributed by atoms with Crippen LogP contribution in [0.3, 0.4) is 0 Å². The molecule has 10 aromatic rings. The van der Waals surface area contributed by atoms with Crippen LogP contribution in [0.1, 0.15) is 0 Å². The fourth-order valence-electron chi connectivity index (χ4n) is 7.94. The van der Waals surface area contributed by atoms with E-state index in [0.717, 1.165) is 22.7 Å². The van der Waals surface area contributed by atoms with Gasteiger partial charge in [-0.05, 0) is 98.0 Å². The summed E-state index contributed by atoms with van der Waals surface area (Å²) >= 11 is 0. The van der Waals surface area contributed by atoms with Gasteiger partial charge in [-0.3, -0.25) is 0 Å². The van der Waals surface area contributed by atoms with Crippen molar-refractivity contribution in [1.29, 1.82) is 0 Å². The molecule has 0 saturated carbocycles. The fraction of sp³-hybridized carbons (Fsp3) is 0. The molecule has 0 aliphatic carbocycles. The van der Waals surface area contributed by atoms with Gasteiger partial charge in [-0.25, -0.2) is 0 Å². The summed E-state index contributed by atoms with van der Waals surface area (Å²) in [6.45, 7) is 0. The average molecular weight is 637 g/mol. The van der Waals surface area contributed by atoms with Gasteiger partial charge in [-0.15, -0.1) is 0 Å². The predicted octanol–water partition coefficient (Wildman–Crippen LogP) is 13.4. The van der Waals surface area contributed by atoms with E-state index in [0.29, 0.717) is 0 Å². The molecule has 234 valence electrons. The van der Waals surface area contributed by atoms with E-state index >= 15 is 0 Å². The van der Waals surface area contributed by atoms with Crippen LogP contribution in [0.15, 0.2) is 194 Å². The maximum Gasteiger partial charge on any atom is 0.0562 e. The summed E-state index contributed by atoms with van der Waals surface area (Å²) in [4.78, 5) is 2.45. The van der Waals surface area contributed by atoms with E-state index in [-0.39, 0.29) is 0 Å². The average Bonchev–Trinajstić information content (AvgIpc) is 3.54. The van der Waals surface area contributed by atoms with Gasteiger partial charge < -0.3 is 9.47 Å². The number of rotatable bonds is 5. The van der Waals surface area contributed by atoms with Crippen LogP contribution in [-0.2, 0) is 0 Å². The summed E-state index contributed by atoms with van der Waals surface area (Å²) in [5.74, 6) is 0. The monoisotopic (exact) mass is 636 g/mol. The van der Waals surface area contributed by atoms with E-state index < -0.39 is 0 Å².